The molecule has 0 radical (unpaired) electrons. The Labute approximate surface area is 126 Å². The van der Waals surface area contributed by atoms with E-state index in [1.165, 1.54) is 23.9 Å². The Morgan fingerprint density at radius 3 is 2.71 bits per heavy atom. The first-order valence-electron chi connectivity index (χ1n) is 6.33. The standard InChI is InChI=1S/C14H15FN4OS/c1-2-8-19-13(10-3-5-11(15)6-4-10)17-18-14(19)21-9-7-12(16)20/h2-6H,1,7-9H2,(H2,16,20). The summed E-state index contributed by atoms with van der Waals surface area (Å²) in [4.78, 5) is 10.8. The number of thioether (sulfide) groups is 1. The lowest BCUT2D eigenvalue weighted by Gasteiger charge is -2.07. The molecule has 0 spiro atoms. The number of hydrogen-bond acceptors (Lipinski definition) is 4. The zero-order valence-corrected chi connectivity index (χ0v) is 12.1. The number of rotatable bonds is 7. The molecule has 1 heterocycles. The Hall–Kier alpha value is -2.15. The van der Waals surface area contributed by atoms with Gasteiger partial charge in [0.05, 0.1) is 0 Å². The van der Waals surface area contributed by atoms with E-state index in [4.69, 9.17) is 5.73 Å². The van der Waals surface area contributed by atoms with Crippen LogP contribution in [0.5, 0.6) is 0 Å². The predicted molar refractivity (Wildman–Crippen MR) is 80.1 cm³/mol. The summed E-state index contributed by atoms with van der Waals surface area (Å²) in [6.45, 7) is 4.24. The minimum absolute atomic E-state index is 0.275. The monoisotopic (exact) mass is 306 g/mol. The number of hydrogen-bond donors (Lipinski definition) is 1. The van der Waals surface area contributed by atoms with Crippen LogP contribution in [-0.2, 0) is 11.3 Å². The lowest BCUT2D eigenvalue weighted by Crippen LogP contribution is -2.11. The molecule has 1 amide bonds. The molecule has 5 nitrogen and oxygen atoms in total. The topological polar surface area (TPSA) is 73.8 Å². The summed E-state index contributed by atoms with van der Waals surface area (Å²) in [5.74, 6) is 0.519. The fraction of sp³-hybridized carbons (Fsp3) is 0.214. The summed E-state index contributed by atoms with van der Waals surface area (Å²) >= 11 is 1.40. The number of carbonyl (C=O) groups is 1. The van der Waals surface area contributed by atoms with Gasteiger partial charge in [0.15, 0.2) is 11.0 Å². The van der Waals surface area contributed by atoms with E-state index in [1.54, 1.807) is 18.2 Å². The van der Waals surface area contributed by atoms with Crippen molar-refractivity contribution < 1.29 is 9.18 Å². The minimum atomic E-state index is -0.351. The summed E-state index contributed by atoms with van der Waals surface area (Å²) in [6, 6.07) is 6.05. The van der Waals surface area contributed by atoms with Crippen LogP contribution in [0.25, 0.3) is 11.4 Å². The molecule has 0 bridgehead atoms. The van der Waals surface area contributed by atoms with E-state index in [-0.39, 0.29) is 18.1 Å². The van der Waals surface area contributed by atoms with E-state index in [1.807, 2.05) is 4.57 Å². The zero-order chi connectivity index (χ0) is 15.2. The SMILES string of the molecule is C=CCn1c(SCCC(N)=O)nnc1-c1ccc(F)cc1. The molecule has 0 saturated carbocycles. The van der Waals surface area contributed by atoms with Crippen molar-refractivity contribution in [1.82, 2.24) is 14.8 Å². The number of allylic oxidation sites excluding steroid dienone is 1. The van der Waals surface area contributed by atoms with E-state index >= 15 is 0 Å². The average Bonchev–Trinajstić information content (AvgIpc) is 2.83. The normalized spacial score (nSPS) is 10.5. The Morgan fingerprint density at radius 1 is 1.38 bits per heavy atom. The van der Waals surface area contributed by atoms with Crippen molar-refractivity contribution >= 4 is 17.7 Å². The van der Waals surface area contributed by atoms with Gasteiger partial charge in [0.25, 0.3) is 0 Å². The summed E-state index contributed by atoms with van der Waals surface area (Å²) in [6.07, 6.45) is 2.01. The summed E-state index contributed by atoms with van der Waals surface area (Å²) in [5, 5.41) is 8.93. The number of aromatic nitrogens is 3. The van der Waals surface area contributed by atoms with Crippen LogP contribution >= 0.6 is 11.8 Å². The van der Waals surface area contributed by atoms with Gasteiger partial charge < -0.3 is 5.73 Å². The maximum Gasteiger partial charge on any atom is 0.218 e. The van der Waals surface area contributed by atoms with Crippen molar-refractivity contribution in [3.63, 3.8) is 0 Å². The van der Waals surface area contributed by atoms with Crippen molar-refractivity contribution in [2.24, 2.45) is 5.73 Å². The number of benzene rings is 1. The lowest BCUT2D eigenvalue weighted by molar-refractivity contribution is -0.117. The smallest absolute Gasteiger partial charge is 0.218 e. The van der Waals surface area contributed by atoms with Gasteiger partial charge in [-0.3, -0.25) is 9.36 Å². The highest BCUT2D eigenvalue weighted by Crippen LogP contribution is 2.24. The van der Waals surface area contributed by atoms with Gasteiger partial charge in [-0.25, -0.2) is 4.39 Å². The second-order valence-electron chi connectivity index (χ2n) is 4.28. The van der Waals surface area contributed by atoms with Gasteiger partial charge in [-0.1, -0.05) is 17.8 Å². The van der Waals surface area contributed by atoms with E-state index < -0.39 is 0 Å². The van der Waals surface area contributed by atoms with Crippen molar-refractivity contribution in [2.45, 2.75) is 18.1 Å². The highest BCUT2D eigenvalue weighted by Gasteiger charge is 2.13. The van der Waals surface area contributed by atoms with Gasteiger partial charge >= 0.3 is 0 Å². The first-order chi connectivity index (χ1) is 10.1. The van der Waals surface area contributed by atoms with Crippen LogP contribution in [-0.4, -0.2) is 26.4 Å². The maximum atomic E-state index is 13.0. The summed E-state index contributed by atoms with van der Waals surface area (Å²) < 4.78 is 14.9. The molecule has 21 heavy (non-hydrogen) atoms. The highest BCUT2D eigenvalue weighted by atomic mass is 32.2. The van der Waals surface area contributed by atoms with Crippen LogP contribution in [0.2, 0.25) is 0 Å². The summed E-state index contributed by atoms with van der Waals surface area (Å²) in [7, 11) is 0. The van der Waals surface area contributed by atoms with E-state index in [0.29, 0.717) is 23.3 Å². The van der Waals surface area contributed by atoms with Crippen LogP contribution in [0.1, 0.15) is 6.42 Å². The molecule has 0 atom stereocenters. The molecule has 7 heteroatoms. The van der Waals surface area contributed by atoms with Crippen LogP contribution in [0.3, 0.4) is 0 Å². The minimum Gasteiger partial charge on any atom is -0.370 e. The molecular formula is C14H15FN4OS. The fourth-order valence-electron chi connectivity index (χ4n) is 1.74. The molecule has 0 unspecified atom stereocenters. The number of halogens is 1. The molecular weight excluding hydrogens is 291 g/mol. The third kappa shape index (κ3) is 3.91. The van der Waals surface area contributed by atoms with Gasteiger partial charge in [-0.15, -0.1) is 16.8 Å². The second kappa shape index (κ2) is 7.03. The molecule has 110 valence electrons. The number of primary amides is 1. The third-order valence-corrected chi connectivity index (χ3v) is 3.68. The van der Waals surface area contributed by atoms with Crippen molar-refractivity contribution in [1.29, 1.82) is 0 Å². The highest BCUT2D eigenvalue weighted by molar-refractivity contribution is 7.99. The molecule has 2 N–H and O–H groups in total. The number of amides is 1. The van der Waals surface area contributed by atoms with E-state index in [2.05, 4.69) is 16.8 Å². The third-order valence-electron chi connectivity index (χ3n) is 2.71. The van der Waals surface area contributed by atoms with Gasteiger partial charge in [0.2, 0.25) is 5.91 Å². The molecule has 1 aromatic carbocycles. The number of nitrogens with zero attached hydrogens (tertiary/aromatic N) is 3. The van der Waals surface area contributed by atoms with Crippen molar-refractivity contribution in [3.8, 4) is 11.4 Å². The van der Waals surface area contributed by atoms with Gasteiger partial charge in [-0.05, 0) is 24.3 Å². The average molecular weight is 306 g/mol. The van der Waals surface area contributed by atoms with Gasteiger partial charge in [0.1, 0.15) is 5.82 Å². The fourth-order valence-corrected chi connectivity index (χ4v) is 2.65. The largest absolute Gasteiger partial charge is 0.370 e. The van der Waals surface area contributed by atoms with Crippen molar-refractivity contribution in [3.05, 3.63) is 42.7 Å². The molecule has 0 aliphatic rings. The Kier molecular flexibility index (Phi) is 5.10. The lowest BCUT2D eigenvalue weighted by atomic mass is 10.2. The first-order valence-corrected chi connectivity index (χ1v) is 7.31. The zero-order valence-electron chi connectivity index (χ0n) is 11.3. The molecule has 0 aliphatic heterocycles. The van der Waals surface area contributed by atoms with Crippen LogP contribution in [0, 0.1) is 5.82 Å². The Morgan fingerprint density at radius 2 is 2.10 bits per heavy atom. The van der Waals surface area contributed by atoms with Crippen LogP contribution in [0.15, 0.2) is 42.1 Å². The molecule has 0 saturated heterocycles. The van der Waals surface area contributed by atoms with Crippen LogP contribution < -0.4 is 5.73 Å². The first kappa shape index (κ1) is 15.2. The Balaban J connectivity index is 2.25. The van der Waals surface area contributed by atoms with Gasteiger partial charge in [-0.2, -0.15) is 0 Å². The summed E-state index contributed by atoms with van der Waals surface area (Å²) in [5.41, 5.74) is 5.89. The van der Waals surface area contributed by atoms with Crippen molar-refractivity contribution in [2.75, 3.05) is 5.75 Å². The molecule has 0 aliphatic carbocycles. The van der Waals surface area contributed by atoms with Crippen LogP contribution in [0.4, 0.5) is 4.39 Å². The molecule has 2 rings (SSSR count). The quantitative estimate of drug-likeness (QED) is 0.629. The molecule has 1 aromatic heterocycles. The maximum absolute atomic E-state index is 13.0. The predicted octanol–water partition coefficient (Wildman–Crippen LogP) is 2.24. The Bertz CT molecular complexity index is 639. The van der Waals surface area contributed by atoms with E-state index in [9.17, 15) is 9.18 Å². The molecule has 0 fully saturated rings. The number of carbonyl (C=O) groups excluding carboxylic acids is 1. The number of nitrogens with two attached hydrogens (primary N) is 1. The van der Waals surface area contributed by atoms with Gasteiger partial charge in [0, 0.05) is 24.3 Å². The molecule has 2 aromatic rings. The van der Waals surface area contributed by atoms with E-state index in [0.717, 1.165) is 5.56 Å². The second-order valence-corrected chi connectivity index (χ2v) is 5.34.